The molecule has 0 aliphatic rings. The lowest BCUT2D eigenvalue weighted by Crippen LogP contribution is -2.37. The van der Waals surface area contributed by atoms with E-state index in [1.54, 1.807) is 31.2 Å². The van der Waals surface area contributed by atoms with Gasteiger partial charge in [-0.25, -0.2) is 4.79 Å². The van der Waals surface area contributed by atoms with E-state index in [0.29, 0.717) is 31.2 Å². The first-order valence-electron chi connectivity index (χ1n) is 9.06. The van der Waals surface area contributed by atoms with Crippen molar-refractivity contribution in [3.63, 3.8) is 0 Å². The van der Waals surface area contributed by atoms with E-state index >= 15 is 0 Å². The molecule has 7 heteroatoms. The van der Waals surface area contributed by atoms with Crippen LogP contribution in [0.3, 0.4) is 0 Å². The Morgan fingerprint density at radius 2 is 1.81 bits per heavy atom. The number of anilines is 1. The van der Waals surface area contributed by atoms with Gasteiger partial charge in [-0.05, 0) is 39.3 Å². The highest BCUT2D eigenvalue weighted by Gasteiger charge is 2.28. The molecule has 146 valence electrons. The molecule has 1 aromatic rings. The Balaban J connectivity index is 2.61. The van der Waals surface area contributed by atoms with Gasteiger partial charge in [0.25, 0.3) is 0 Å². The van der Waals surface area contributed by atoms with E-state index in [2.05, 4.69) is 10.6 Å². The third kappa shape index (κ3) is 8.31. The first-order chi connectivity index (χ1) is 12.4. The largest absolute Gasteiger partial charge is 0.412 e. The molecule has 0 aliphatic carbocycles. The molecule has 0 aromatic heterocycles. The number of hydrogen-bond donors (Lipinski definition) is 2. The van der Waals surface area contributed by atoms with Crippen LogP contribution in [-0.4, -0.2) is 37.5 Å². The van der Waals surface area contributed by atoms with E-state index in [-0.39, 0.29) is 12.3 Å². The van der Waals surface area contributed by atoms with Gasteiger partial charge in [-0.3, -0.25) is 4.79 Å². The molecule has 0 fully saturated rings. The second kappa shape index (κ2) is 11.5. The van der Waals surface area contributed by atoms with Gasteiger partial charge in [0.1, 0.15) is 5.75 Å². The van der Waals surface area contributed by atoms with Gasteiger partial charge in [-0.1, -0.05) is 19.4 Å². The summed E-state index contributed by atoms with van der Waals surface area (Å²) in [7, 11) is 0. The quantitative estimate of drug-likeness (QED) is 0.461. The number of carbonyl (C=O) groups excluding carboxylic acids is 2. The molecule has 0 heterocycles. The fourth-order valence-electron chi connectivity index (χ4n) is 2.40. The average molecular weight is 366 g/mol. The number of hydrogen-bond acceptors (Lipinski definition) is 5. The van der Waals surface area contributed by atoms with E-state index in [9.17, 15) is 9.59 Å². The van der Waals surface area contributed by atoms with Crippen LogP contribution >= 0.6 is 0 Å². The minimum absolute atomic E-state index is 0.0528. The third-order valence-corrected chi connectivity index (χ3v) is 3.51. The second-order valence-electron chi connectivity index (χ2n) is 5.92. The summed E-state index contributed by atoms with van der Waals surface area (Å²) in [6.07, 6.45) is 1.42. The molecular formula is C19H30N2O5. The van der Waals surface area contributed by atoms with Crippen molar-refractivity contribution in [1.82, 2.24) is 5.32 Å². The highest BCUT2D eigenvalue weighted by atomic mass is 16.7. The van der Waals surface area contributed by atoms with Crippen LogP contribution in [0.4, 0.5) is 10.5 Å². The molecule has 0 unspecified atom stereocenters. The average Bonchev–Trinajstić information content (AvgIpc) is 2.55. The second-order valence-corrected chi connectivity index (χ2v) is 5.92. The van der Waals surface area contributed by atoms with Crippen molar-refractivity contribution >= 4 is 17.7 Å². The summed E-state index contributed by atoms with van der Waals surface area (Å²) < 4.78 is 16.3. The molecule has 2 N–H and O–H groups in total. The Morgan fingerprint density at radius 3 is 2.42 bits per heavy atom. The van der Waals surface area contributed by atoms with Crippen LogP contribution in [0, 0.1) is 0 Å². The maximum Gasteiger partial charge on any atom is 0.412 e. The summed E-state index contributed by atoms with van der Waals surface area (Å²) in [5.41, 5.74) is 0.532. The molecule has 0 aliphatic heterocycles. The number of benzene rings is 1. The van der Waals surface area contributed by atoms with E-state index in [0.717, 1.165) is 12.8 Å². The summed E-state index contributed by atoms with van der Waals surface area (Å²) in [5.74, 6) is -0.867. The summed E-state index contributed by atoms with van der Waals surface area (Å²) in [4.78, 5) is 24.0. The topological polar surface area (TPSA) is 85.9 Å². The van der Waals surface area contributed by atoms with Crippen molar-refractivity contribution in [2.24, 2.45) is 0 Å². The van der Waals surface area contributed by atoms with Crippen LogP contribution in [0.25, 0.3) is 0 Å². The summed E-state index contributed by atoms with van der Waals surface area (Å²) in [5, 5.41) is 5.44. The third-order valence-electron chi connectivity index (χ3n) is 3.51. The normalized spacial score (nSPS) is 11.1. The Kier molecular flexibility index (Phi) is 9.69. The lowest BCUT2D eigenvalue weighted by atomic mass is 10.2. The standard InChI is InChI=1S/C19H30N2O5/c1-5-8-12-20-18(23)26-16-11-9-10-15(13-16)21-17(22)14-19(4,24-6-2)25-7-3/h9-11,13H,5-8,12,14H2,1-4H3,(H,20,23)(H,21,22). The predicted octanol–water partition coefficient (Wildman–Crippen LogP) is 3.69. The van der Waals surface area contributed by atoms with Crippen molar-refractivity contribution in [3.8, 4) is 5.75 Å². The van der Waals surface area contributed by atoms with E-state index in [1.165, 1.54) is 0 Å². The molecule has 0 spiro atoms. The number of nitrogens with one attached hydrogen (secondary N) is 2. The van der Waals surface area contributed by atoms with Crippen LogP contribution in [0.1, 0.15) is 47.0 Å². The number of rotatable bonds is 11. The van der Waals surface area contributed by atoms with Crippen molar-refractivity contribution in [1.29, 1.82) is 0 Å². The van der Waals surface area contributed by atoms with E-state index in [1.807, 2.05) is 20.8 Å². The lowest BCUT2D eigenvalue weighted by Gasteiger charge is -2.28. The molecule has 1 rings (SSSR count). The van der Waals surface area contributed by atoms with Crippen molar-refractivity contribution in [2.45, 2.75) is 52.7 Å². The highest BCUT2D eigenvalue weighted by molar-refractivity contribution is 5.91. The van der Waals surface area contributed by atoms with Crippen molar-refractivity contribution < 1.29 is 23.8 Å². The zero-order valence-electron chi connectivity index (χ0n) is 16.1. The first kappa shape index (κ1) is 21.9. The number of amides is 2. The van der Waals surface area contributed by atoms with E-state index < -0.39 is 11.9 Å². The van der Waals surface area contributed by atoms with Gasteiger partial charge in [-0.2, -0.15) is 0 Å². The minimum atomic E-state index is -0.971. The number of carbonyl (C=O) groups is 2. The van der Waals surface area contributed by atoms with Crippen LogP contribution in [0.2, 0.25) is 0 Å². The smallest absolute Gasteiger partial charge is 0.410 e. The molecule has 0 atom stereocenters. The molecule has 1 aromatic carbocycles. The molecular weight excluding hydrogens is 336 g/mol. The van der Waals surface area contributed by atoms with Gasteiger partial charge >= 0.3 is 6.09 Å². The summed E-state index contributed by atoms with van der Waals surface area (Å²) >= 11 is 0. The van der Waals surface area contributed by atoms with Crippen LogP contribution in [0.5, 0.6) is 5.75 Å². The zero-order valence-corrected chi connectivity index (χ0v) is 16.1. The maximum atomic E-state index is 12.3. The summed E-state index contributed by atoms with van der Waals surface area (Å²) in [6, 6.07) is 6.67. The predicted molar refractivity (Wildman–Crippen MR) is 100 cm³/mol. The van der Waals surface area contributed by atoms with Gasteiger partial charge in [0.2, 0.25) is 5.91 Å². The van der Waals surface area contributed by atoms with Crippen molar-refractivity contribution in [3.05, 3.63) is 24.3 Å². The summed E-state index contributed by atoms with van der Waals surface area (Å²) in [6.45, 7) is 8.93. The molecule has 26 heavy (non-hydrogen) atoms. The lowest BCUT2D eigenvalue weighted by molar-refractivity contribution is -0.222. The molecule has 0 saturated carbocycles. The van der Waals surface area contributed by atoms with Gasteiger partial charge in [-0.15, -0.1) is 0 Å². The highest BCUT2D eigenvalue weighted by Crippen LogP contribution is 2.21. The van der Waals surface area contributed by atoms with Gasteiger partial charge < -0.3 is 24.8 Å². The zero-order chi connectivity index (χ0) is 19.4. The maximum absolute atomic E-state index is 12.3. The Morgan fingerprint density at radius 1 is 1.12 bits per heavy atom. The van der Waals surface area contributed by atoms with Crippen molar-refractivity contribution in [2.75, 3.05) is 25.1 Å². The molecule has 0 bridgehead atoms. The number of ether oxygens (including phenoxy) is 3. The number of unbranched alkanes of at least 4 members (excludes halogenated alkanes) is 1. The first-order valence-corrected chi connectivity index (χ1v) is 9.06. The van der Waals surface area contributed by atoms with Gasteiger partial charge in [0.15, 0.2) is 5.79 Å². The SMILES string of the molecule is CCCCNC(=O)Oc1cccc(NC(=O)CC(C)(OCC)OCC)c1. The van der Waals surface area contributed by atoms with Crippen LogP contribution in [0.15, 0.2) is 24.3 Å². The minimum Gasteiger partial charge on any atom is -0.410 e. The molecule has 0 radical (unpaired) electrons. The molecule has 2 amide bonds. The Labute approximate surface area is 155 Å². The monoisotopic (exact) mass is 366 g/mol. The van der Waals surface area contributed by atoms with Crippen LogP contribution in [-0.2, 0) is 14.3 Å². The Hall–Kier alpha value is -2.12. The molecule has 0 saturated heterocycles. The fourth-order valence-corrected chi connectivity index (χ4v) is 2.40. The van der Waals surface area contributed by atoms with Crippen LogP contribution < -0.4 is 15.4 Å². The molecule has 7 nitrogen and oxygen atoms in total. The van der Waals surface area contributed by atoms with Gasteiger partial charge in [0.05, 0.1) is 6.42 Å². The van der Waals surface area contributed by atoms with Gasteiger partial charge in [0, 0.05) is 31.5 Å². The Bertz CT molecular complexity index is 571. The fraction of sp³-hybridized carbons (Fsp3) is 0.579. The van der Waals surface area contributed by atoms with E-state index in [4.69, 9.17) is 14.2 Å².